The van der Waals surface area contributed by atoms with Crippen molar-refractivity contribution < 1.29 is 0 Å². The van der Waals surface area contributed by atoms with Gasteiger partial charge in [-0.25, -0.2) is 4.98 Å². The molecule has 3 heteroatoms. The lowest BCUT2D eigenvalue weighted by Crippen LogP contribution is -1.96. The highest BCUT2D eigenvalue weighted by Gasteiger charge is 2.06. The van der Waals surface area contributed by atoms with Crippen LogP contribution in [0.15, 0.2) is 0 Å². The van der Waals surface area contributed by atoms with Crippen LogP contribution in [0, 0.1) is 0 Å². The number of aromatic nitrogens is 1. The lowest BCUT2D eigenvalue weighted by molar-refractivity contribution is 0.888. The molecule has 0 radical (unpaired) electrons. The fraction of sp³-hybridized carbons (Fsp3) is 0.667. The van der Waals surface area contributed by atoms with Crippen LogP contribution < -0.4 is 5.73 Å². The lowest BCUT2D eigenvalue weighted by Gasteiger charge is -1.91. The maximum absolute atomic E-state index is 5.61. The number of thiazole rings is 1. The first-order valence-electron chi connectivity index (χ1n) is 4.49. The second-order valence-electron chi connectivity index (χ2n) is 2.79. The van der Waals surface area contributed by atoms with Gasteiger partial charge in [0.15, 0.2) is 0 Å². The van der Waals surface area contributed by atoms with Crippen molar-refractivity contribution in [2.24, 2.45) is 5.73 Å². The zero-order chi connectivity index (χ0) is 8.97. The molecule has 1 heterocycles. The fourth-order valence-electron chi connectivity index (χ4n) is 1.19. The van der Waals surface area contributed by atoms with Gasteiger partial charge in [0.1, 0.15) is 0 Å². The minimum atomic E-state index is 0.643. The highest BCUT2D eigenvalue weighted by atomic mass is 32.1. The van der Waals surface area contributed by atoms with Crippen LogP contribution in [0.1, 0.15) is 35.8 Å². The minimum absolute atomic E-state index is 0.643. The van der Waals surface area contributed by atoms with Gasteiger partial charge in [-0.2, -0.15) is 0 Å². The van der Waals surface area contributed by atoms with E-state index in [4.69, 9.17) is 5.73 Å². The van der Waals surface area contributed by atoms with E-state index in [1.807, 2.05) is 0 Å². The summed E-state index contributed by atoms with van der Waals surface area (Å²) in [7, 11) is 0. The van der Waals surface area contributed by atoms with Crippen molar-refractivity contribution in [3.05, 3.63) is 15.6 Å². The summed E-state index contributed by atoms with van der Waals surface area (Å²) in [6.45, 7) is 4.95. The molecule has 0 saturated heterocycles. The van der Waals surface area contributed by atoms with E-state index in [9.17, 15) is 0 Å². The molecule has 0 aromatic carbocycles. The van der Waals surface area contributed by atoms with E-state index in [0.29, 0.717) is 6.54 Å². The Hall–Kier alpha value is -0.410. The Morgan fingerprint density at radius 3 is 2.58 bits per heavy atom. The average molecular weight is 184 g/mol. The van der Waals surface area contributed by atoms with Gasteiger partial charge in [0, 0.05) is 11.4 Å². The summed E-state index contributed by atoms with van der Waals surface area (Å²) >= 11 is 1.77. The van der Waals surface area contributed by atoms with Gasteiger partial charge in [-0.3, -0.25) is 0 Å². The molecule has 0 aliphatic carbocycles. The SMILES string of the molecule is CCCc1nc(CC)c(CN)s1. The Morgan fingerprint density at radius 1 is 1.42 bits per heavy atom. The molecule has 1 aromatic heterocycles. The van der Waals surface area contributed by atoms with E-state index in [1.54, 1.807) is 11.3 Å². The molecule has 0 amide bonds. The molecule has 0 unspecified atom stereocenters. The molecule has 0 aliphatic rings. The van der Waals surface area contributed by atoms with E-state index in [2.05, 4.69) is 18.8 Å². The molecule has 1 aromatic rings. The van der Waals surface area contributed by atoms with Crippen LogP contribution in [-0.2, 0) is 19.4 Å². The van der Waals surface area contributed by atoms with Crippen LogP contribution in [0.2, 0.25) is 0 Å². The molecule has 2 N–H and O–H groups in total. The minimum Gasteiger partial charge on any atom is -0.326 e. The predicted molar refractivity (Wildman–Crippen MR) is 53.4 cm³/mol. The van der Waals surface area contributed by atoms with E-state index in [-0.39, 0.29) is 0 Å². The standard InChI is InChI=1S/C9H16N2S/c1-3-5-9-11-7(4-2)8(6-10)12-9/h3-6,10H2,1-2H3. The van der Waals surface area contributed by atoms with Crippen LogP contribution >= 0.6 is 11.3 Å². The van der Waals surface area contributed by atoms with Gasteiger partial charge < -0.3 is 5.73 Å². The van der Waals surface area contributed by atoms with Crippen LogP contribution in [0.4, 0.5) is 0 Å². The number of hydrogen-bond acceptors (Lipinski definition) is 3. The van der Waals surface area contributed by atoms with Gasteiger partial charge in [-0.15, -0.1) is 11.3 Å². The maximum Gasteiger partial charge on any atom is 0.0931 e. The highest BCUT2D eigenvalue weighted by molar-refractivity contribution is 7.11. The first kappa shape index (κ1) is 9.68. The largest absolute Gasteiger partial charge is 0.326 e. The summed E-state index contributed by atoms with van der Waals surface area (Å²) in [5, 5.41) is 1.25. The molecule has 0 saturated carbocycles. The van der Waals surface area contributed by atoms with Crippen molar-refractivity contribution in [1.82, 2.24) is 4.98 Å². The average Bonchev–Trinajstić information content (AvgIpc) is 2.48. The van der Waals surface area contributed by atoms with Crippen molar-refractivity contribution in [1.29, 1.82) is 0 Å². The smallest absolute Gasteiger partial charge is 0.0931 e. The number of nitrogens with two attached hydrogens (primary N) is 1. The van der Waals surface area contributed by atoms with Crippen molar-refractivity contribution in [2.75, 3.05) is 0 Å². The Bertz CT molecular complexity index is 221. The van der Waals surface area contributed by atoms with Crippen molar-refractivity contribution >= 4 is 11.3 Å². The Kier molecular flexibility index (Phi) is 3.69. The van der Waals surface area contributed by atoms with Crippen molar-refractivity contribution in [3.8, 4) is 0 Å². The third-order valence-corrected chi connectivity index (χ3v) is 2.99. The second kappa shape index (κ2) is 4.58. The summed E-state index contributed by atoms with van der Waals surface area (Å²) in [5.74, 6) is 0. The molecule has 0 fully saturated rings. The lowest BCUT2D eigenvalue weighted by atomic mass is 10.3. The Balaban J connectivity index is 2.81. The van der Waals surface area contributed by atoms with E-state index >= 15 is 0 Å². The summed E-state index contributed by atoms with van der Waals surface area (Å²) < 4.78 is 0. The molecule has 0 bridgehead atoms. The normalized spacial score (nSPS) is 10.6. The van der Waals surface area contributed by atoms with Gasteiger partial charge in [0.25, 0.3) is 0 Å². The first-order chi connectivity index (χ1) is 5.81. The molecule has 1 rings (SSSR count). The van der Waals surface area contributed by atoms with Gasteiger partial charge in [0.2, 0.25) is 0 Å². The Morgan fingerprint density at radius 2 is 2.17 bits per heavy atom. The summed E-state index contributed by atoms with van der Waals surface area (Å²) in [6, 6.07) is 0. The summed E-state index contributed by atoms with van der Waals surface area (Å²) in [5.41, 5.74) is 6.81. The van der Waals surface area contributed by atoms with Crippen LogP contribution in [0.3, 0.4) is 0 Å². The molecule has 0 spiro atoms. The molecule has 0 atom stereocenters. The van der Waals surface area contributed by atoms with Gasteiger partial charge >= 0.3 is 0 Å². The van der Waals surface area contributed by atoms with Crippen LogP contribution in [-0.4, -0.2) is 4.98 Å². The first-order valence-corrected chi connectivity index (χ1v) is 5.31. The number of nitrogens with zero attached hydrogens (tertiary/aromatic N) is 1. The zero-order valence-electron chi connectivity index (χ0n) is 7.76. The van der Waals surface area contributed by atoms with E-state index in [0.717, 1.165) is 12.8 Å². The monoisotopic (exact) mass is 184 g/mol. The van der Waals surface area contributed by atoms with Gasteiger partial charge in [-0.1, -0.05) is 13.8 Å². The van der Waals surface area contributed by atoms with Gasteiger partial charge in [-0.05, 0) is 19.3 Å². The Labute approximate surface area is 77.8 Å². The molecular formula is C9H16N2S. The summed E-state index contributed by atoms with van der Waals surface area (Å²) in [6.07, 6.45) is 3.27. The van der Waals surface area contributed by atoms with Crippen LogP contribution in [0.25, 0.3) is 0 Å². The van der Waals surface area contributed by atoms with E-state index in [1.165, 1.54) is 22.0 Å². The fourth-order valence-corrected chi connectivity index (χ4v) is 2.33. The molecule has 68 valence electrons. The molecule has 0 aliphatic heterocycles. The molecular weight excluding hydrogens is 168 g/mol. The number of hydrogen-bond donors (Lipinski definition) is 1. The van der Waals surface area contributed by atoms with Crippen LogP contribution in [0.5, 0.6) is 0 Å². The third-order valence-electron chi connectivity index (χ3n) is 1.81. The maximum atomic E-state index is 5.61. The van der Waals surface area contributed by atoms with Crippen molar-refractivity contribution in [2.45, 2.75) is 39.7 Å². The zero-order valence-corrected chi connectivity index (χ0v) is 8.58. The number of rotatable bonds is 4. The second-order valence-corrected chi connectivity index (χ2v) is 3.95. The topological polar surface area (TPSA) is 38.9 Å². The molecule has 2 nitrogen and oxygen atoms in total. The number of aryl methyl sites for hydroxylation is 2. The van der Waals surface area contributed by atoms with Gasteiger partial charge in [0.05, 0.1) is 10.7 Å². The quantitative estimate of drug-likeness (QED) is 0.778. The van der Waals surface area contributed by atoms with Crippen molar-refractivity contribution in [3.63, 3.8) is 0 Å². The predicted octanol–water partition coefficient (Wildman–Crippen LogP) is 2.12. The third kappa shape index (κ3) is 2.05. The summed E-state index contributed by atoms with van der Waals surface area (Å²) in [4.78, 5) is 5.79. The molecule has 12 heavy (non-hydrogen) atoms. The highest BCUT2D eigenvalue weighted by Crippen LogP contribution is 2.19. The van der Waals surface area contributed by atoms with E-state index < -0.39 is 0 Å².